The number of aromatic hydroxyl groups is 1. The standard InChI is InChI=1S/C30H21ClN2O6/c1-15-14-37-28-21(34)11-20-27(26(15)28)18(12-31)13-33(20)30(36)25-10-17-8-19(6-7-23(17)39-25)32-29(35)24-9-16-4-2-3-5-22(16)38-24/h2-11,14,18,34H,12-13H2,1H3,(H,32,35)/t18-/m1/s1. The number of furan rings is 3. The number of rotatable bonds is 4. The molecule has 0 radical (unpaired) electrons. The minimum atomic E-state index is -0.383. The highest BCUT2D eigenvalue weighted by Crippen LogP contribution is 2.47. The van der Waals surface area contributed by atoms with Crippen LogP contribution in [-0.4, -0.2) is 29.3 Å². The molecule has 2 amide bonds. The molecule has 1 aliphatic rings. The third-order valence-corrected chi connectivity index (χ3v) is 7.57. The van der Waals surface area contributed by atoms with Crippen LogP contribution in [0.3, 0.4) is 0 Å². The molecule has 0 saturated heterocycles. The van der Waals surface area contributed by atoms with Crippen LogP contribution in [0, 0.1) is 6.92 Å². The van der Waals surface area contributed by atoms with Gasteiger partial charge in [0, 0.05) is 46.3 Å². The van der Waals surface area contributed by atoms with Crippen LogP contribution in [0.4, 0.5) is 11.4 Å². The summed E-state index contributed by atoms with van der Waals surface area (Å²) < 4.78 is 17.1. The van der Waals surface area contributed by atoms with Crippen molar-refractivity contribution in [2.24, 2.45) is 0 Å². The quantitative estimate of drug-likeness (QED) is 0.229. The summed E-state index contributed by atoms with van der Waals surface area (Å²) in [5.41, 5.74) is 4.37. The molecule has 39 heavy (non-hydrogen) atoms. The Bertz CT molecular complexity index is 1910. The number of alkyl halides is 1. The van der Waals surface area contributed by atoms with Crippen molar-refractivity contribution in [2.45, 2.75) is 12.8 Å². The van der Waals surface area contributed by atoms with E-state index in [1.54, 1.807) is 53.6 Å². The van der Waals surface area contributed by atoms with Crippen molar-refractivity contribution in [2.75, 3.05) is 22.6 Å². The number of fused-ring (bicyclic) bond motifs is 5. The van der Waals surface area contributed by atoms with Gasteiger partial charge in [-0.1, -0.05) is 18.2 Å². The zero-order valence-electron chi connectivity index (χ0n) is 20.7. The topological polar surface area (TPSA) is 109 Å². The number of halogens is 1. The number of benzene rings is 3. The molecule has 8 nitrogen and oxygen atoms in total. The summed E-state index contributed by atoms with van der Waals surface area (Å²) in [6.07, 6.45) is 1.59. The molecule has 0 unspecified atom stereocenters. The van der Waals surface area contributed by atoms with Crippen LogP contribution >= 0.6 is 11.6 Å². The number of nitrogens with one attached hydrogen (secondary N) is 1. The van der Waals surface area contributed by atoms with E-state index in [2.05, 4.69) is 5.32 Å². The SMILES string of the molecule is Cc1coc2c(O)cc3c(c12)[C@H](CCl)CN3C(=O)c1cc2cc(NC(=O)c3cc4ccccc4o3)ccc2o1. The fraction of sp³-hybridized carbons (Fsp3) is 0.133. The molecule has 0 bridgehead atoms. The molecule has 1 atom stereocenters. The lowest BCUT2D eigenvalue weighted by Gasteiger charge is -2.16. The number of anilines is 2. The molecule has 2 N–H and O–H groups in total. The Hall–Kier alpha value is -4.69. The van der Waals surface area contributed by atoms with Gasteiger partial charge in [-0.3, -0.25) is 9.59 Å². The number of carbonyl (C=O) groups is 2. The van der Waals surface area contributed by atoms with Gasteiger partial charge >= 0.3 is 0 Å². The summed E-state index contributed by atoms with van der Waals surface area (Å²) >= 11 is 6.31. The van der Waals surface area contributed by atoms with Crippen molar-refractivity contribution in [3.05, 3.63) is 89.6 Å². The summed E-state index contributed by atoms with van der Waals surface area (Å²) in [4.78, 5) is 28.0. The lowest BCUT2D eigenvalue weighted by atomic mass is 9.97. The molecule has 0 fully saturated rings. The lowest BCUT2D eigenvalue weighted by molar-refractivity contribution is 0.0962. The Morgan fingerprint density at radius 2 is 1.79 bits per heavy atom. The number of aryl methyl sites for hydroxylation is 1. The predicted molar refractivity (Wildman–Crippen MR) is 148 cm³/mol. The van der Waals surface area contributed by atoms with Crippen molar-refractivity contribution in [1.29, 1.82) is 0 Å². The van der Waals surface area contributed by atoms with Gasteiger partial charge in [0.25, 0.3) is 11.8 Å². The highest BCUT2D eigenvalue weighted by Gasteiger charge is 2.37. The van der Waals surface area contributed by atoms with Gasteiger partial charge in [0.1, 0.15) is 11.2 Å². The first-order valence-electron chi connectivity index (χ1n) is 12.4. The van der Waals surface area contributed by atoms with Gasteiger partial charge in [-0.2, -0.15) is 0 Å². The Kier molecular flexibility index (Phi) is 5.21. The second-order valence-electron chi connectivity index (χ2n) is 9.68. The zero-order valence-corrected chi connectivity index (χ0v) is 21.4. The van der Waals surface area contributed by atoms with E-state index in [4.69, 9.17) is 24.9 Å². The first kappa shape index (κ1) is 23.4. The molecule has 3 aromatic heterocycles. The van der Waals surface area contributed by atoms with Gasteiger partial charge in [0.2, 0.25) is 0 Å². The highest BCUT2D eigenvalue weighted by atomic mass is 35.5. The van der Waals surface area contributed by atoms with E-state index in [1.165, 1.54) is 0 Å². The second kappa shape index (κ2) is 8.68. The van der Waals surface area contributed by atoms with Crippen molar-refractivity contribution < 1.29 is 27.9 Å². The van der Waals surface area contributed by atoms with Crippen LogP contribution < -0.4 is 10.2 Å². The minimum absolute atomic E-state index is 0.0423. The largest absolute Gasteiger partial charge is 0.504 e. The summed E-state index contributed by atoms with van der Waals surface area (Å²) in [6.45, 7) is 2.24. The average Bonchev–Trinajstić information content (AvgIpc) is 3.71. The summed E-state index contributed by atoms with van der Waals surface area (Å²) in [6, 6.07) is 17.4. The predicted octanol–water partition coefficient (Wildman–Crippen LogP) is 7.17. The molecular formula is C30H21ClN2O6. The number of phenols is 1. The third-order valence-electron chi connectivity index (χ3n) is 7.19. The number of nitrogens with zero attached hydrogens (tertiary/aromatic N) is 1. The fourth-order valence-corrected chi connectivity index (χ4v) is 5.63. The fourth-order valence-electron chi connectivity index (χ4n) is 5.38. The van der Waals surface area contributed by atoms with E-state index in [1.807, 2.05) is 25.1 Å². The van der Waals surface area contributed by atoms with Crippen molar-refractivity contribution in [1.82, 2.24) is 0 Å². The Morgan fingerprint density at radius 3 is 2.62 bits per heavy atom. The van der Waals surface area contributed by atoms with Crippen LogP contribution in [0.5, 0.6) is 5.75 Å². The van der Waals surface area contributed by atoms with Crippen molar-refractivity contribution in [3.63, 3.8) is 0 Å². The summed E-state index contributed by atoms with van der Waals surface area (Å²) in [7, 11) is 0. The van der Waals surface area contributed by atoms with Gasteiger partial charge < -0.3 is 28.6 Å². The molecule has 6 aromatic rings. The highest BCUT2D eigenvalue weighted by molar-refractivity contribution is 6.19. The normalized spacial score (nSPS) is 14.9. The molecule has 9 heteroatoms. The molecule has 3 aromatic carbocycles. The Labute approximate surface area is 226 Å². The number of para-hydroxylation sites is 1. The van der Waals surface area contributed by atoms with Crippen LogP contribution in [-0.2, 0) is 0 Å². The number of phenolic OH excluding ortho intramolecular Hbond substituents is 1. The van der Waals surface area contributed by atoms with Crippen LogP contribution in [0.15, 0.2) is 80.2 Å². The third kappa shape index (κ3) is 3.67. The van der Waals surface area contributed by atoms with E-state index >= 15 is 0 Å². The molecule has 0 aliphatic carbocycles. The molecule has 0 spiro atoms. The lowest BCUT2D eigenvalue weighted by Crippen LogP contribution is -2.29. The van der Waals surface area contributed by atoms with Gasteiger partial charge in [0.05, 0.1) is 12.0 Å². The summed E-state index contributed by atoms with van der Waals surface area (Å²) in [5.74, 6) is -0.273. The van der Waals surface area contributed by atoms with E-state index in [9.17, 15) is 14.7 Å². The van der Waals surface area contributed by atoms with Crippen LogP contribution in [0.2, 0.25) is 0 Å². The summed E-state index contributed by atoms with van der Waals surface area (Å²) in [5, 5.41) is 15.7. The molecule has 1 aliphatic heterocycles. The van der Waals surface area contributed by atoms with E-state index < -0.39 is 0 Å². The molecule has 4 heterocycles. The van der Waals surface area contributed by atoms with E-state index in [0.717, 1.165) is 21.9 Å². The Balaban J connectivity index is 1.19. The van der Waals surface area contributed by atoms with Gasteiger partial charge in [0.15, 0.2) is 22.9 Å². The maximum Gasteiger partial charge on any atom is 0.294 e. The minimum Gasteiger partial charge on any atom is -0.504 e. The first-order chi connectivity index (χ1) is 18.9. The van der Waals surface area contributed by atoms with Gasteiger partial charge in [-0.15, -0.1) is 11.6 Å². The number of hydrogen-bond donors (Lipinski definition) is 2. The zero-order chi connectivity index (χ0) is 26.8. The molecule has 194 valence electrons. The van der Waals surface area contributed by atoms with Crippen LogP contribution in [0.25, 0.3) is 32.9 Å². The van der Waals surface area contributed by atoms with Crippen LogP contribution in [0.1, 0.15) is 38.2 Å². The average molecular weight is 541 g/mol. The molecule has 7 rings (SSSR count). The van der Waals surface area contributed by atoms with E-state index in [0.29, 0.717) is 45.9 Å². The molecular weight excluding hydrogens is 520 g/mol. The number of carbonyl (C=O) groups excluding carboxylic acids is 2. The molecule has 0 saturated carbocycles. The van der Waals surface area contributed by atoms with Crippen molar-refractivity contribution in [3.8, 4) is 5.75 Å². The smallest absolute Gasteiger partial charge is 0.294 e. The number of amides is 2. The second-order valence-corrected chi connectivity index (χ2v) is 9.99. The monoisotopic (exact) mass is 540 g/mol. The Morgan fingerprint density at radius 1 is 1.03 bits per heavy atom. The van der Waals surface area contributed by atoms with Gasteiger partial charge in [-0.25, -0.2) is 0 Å². The number of hydrogen-bond acceptors (Lipinski definition) is 6. The van der Waals surface area contributed by atoms with Gasteiger partial charge in [-0.05, 0) is 54.4 Å². The maximum atomic E-state index is 13.6. The maximum absolute atomic E-state index is 13.6. The van der Waals surface area contributed by atoms with E-state index in [-0.39, 0.29) is 35.0 Å². The van der Waals surface area contributed by atoms with Crippen molar-refractivity contribution >= 4 is 67.7 Å². The first-order valence-corrected chi connectivity index (χ1v) is 12.9.